The van der Waals surface area contributed by atoms with Crippen LogP contribution >= 0.6 is 0 Å². The van der Waals surface area contributed by atoms with Crippen molar-refractivity contribution in [2.24, 2.45) is 4.99 Å². The Balaban J connectivity index is 1.60. The van der Waals surface area contributed by atoms with Gasteiger partial charge in [-0.25, -0.2) is 4.39 Å². The van der Waals surface area contributed by atoms with Gasteiger partial charge in [0.2, 0.25) is 5.89 Å². The van der Waals surface area contributed by atoms with Crippen LogP contribution < -0.4 is 10.6 Å². The predicted molar refractivity (Wildman–Crippen MR) is 113 cm³/mol. The maximum Gasteiger partial charge on any atom is 0.226 e. The quantitative estimate of drug-likeness (QED) is 0.366. The number of guanidine groups is 1. The smallest absolute Gasteiger partial charge is 0.226 e. The first-order valence-electron chi connectivity index (χ1n) is 10.5. The van der Waals surface area contributed by atoms with Crippen molar-refractivity contribution >= 4 is 5.96 Å². The van der Waals surface area contributed by atoms with Gasteiger partial charge in [0.1, 0.15) is 5.82 Å². The average Bonchev–Trinajstić information content (AvgIpc) is 3.18. The summed E-state index contributed by atoms with van der Waals surface area (Å²) in [5, 5.41) is 10.5. The van der Waals surface area contributed by atoms with Crippen molar-refractivity contribution in [3.63, 3.8) is 0 Å². The van der Waals surface area contributed by atoms with E-state index in [4.69, 9.17) is 14.3 Å². The van der Waals surface area contributed by atoms with Crippen molar-refractivity contribution in [1.82, 2.24) is 25.7 Å². The van der Waals surface area contributed by atoms with Gasteiger partial charge in [0.15, 0.2) is 11.8 Å². The highest BCUT2D eigenvalue weighted by atomic mass is 19.1. The van der Waals surface area contributed by atoms with Crippen LogP contribution in [0.2, 0.25) is 0 Å². The third-order valence-electron chi connectivity index (χ3n) is 4.94. The molecule has 1 aromatic carbocycles. The molecule has 2 N–H and O–H groups in total. The van der Waals surface area contributed by atoms with Crippen molar-refractivity contribution in [3.8, 4) is 0 Å². The monoisotopic (exact) mass is 418 g/mol. The van der Waals surface area contributed by atoms with Crippen LogP contribution in [0.25, 0.3) is 0 Å². The van der Waals surface area contributed by atoms with Crippen LogP contribution in [0.15, 0.2) is 33.8 Å². The molecule has 1 unspecified atom stereocenters. The van der Waals surface area contributed by atoms with Crippen LogP contribution in [0.5, 0.6) is 0 Å². The van der Waals surface area contributed by atoms with Gasteiger partial charge < -0.3 is 19.9 Å². The lowest BCUT2D eigenvalue weighted by molar-refractivity contribution is 0.0179. The Morgan fingerprint density at radius 1 is 1.23 bits per heavy atom. The Morgan fingerprint density at radius 2 is 2.00 bits per heavy atom. The summed E-state index contributed by atoms with van der Waals surface area (Å²) in [5.41, 5.74) is 1.06. The first kappa shape index (κ1) is 22.2. The summed E-state index contributed by atoms with van der Waals surface area (Å²) in [4.78, 5) is 11.4. The summed E-state index contributed by atoms with van der Waals surface area (Å²) >= 11 is 0. The van der Waals surface area contributed by atoms with Crippen LogP contribution in [0, 0.1) is 12.7 Å². The standard InChI is InChI=1S/C21H31FN6O2/c1-3-23-21(24-10-4-5-20-26-16(2)27-30-20)25-15-19(28-11-13-29-14-12-28)17-6-8-18(22)9-7-17/h6-9,19H,3-5,10-15H2,1-2H3,(H2,23,24,25). The molecular weight excluding hydrogens is 387 g/mol. The second-order valence-electron chi connectivity index (χ2n) is 7.20. The molecule has 1 aromatic heterocycles. The van der Waals surface area contributed by atoms with E-state index in [0.29, 0.717) is 31.5 Å². The molecule has 0 saturated carbocycles. The van der Waals surface area contributed by atoms with Gasteiger partial charge in [0.05, 0.1) is 25.8 Å². The van der Waals surface area contributed by atoms with Gasteiger partial charge in [-0.1, -0.05) is 17.3 Å². The number of rotatable bonds is 9. The number of nitrogens with zero attached hydrogens (tertiary/aromatic N) is 4. The summed E-state index contributed by atoms with van der Waals surface area (Å²) in [7, 11) is 0. The van der Waals surface area contributed by atoms with E-state index in [0.717, 1.165) is 50.5 Å². The van der Waals surface area contributed by atoms with Crippen molar-refractivity contribution in [3.05, 3.63) is 47.4 Å². The van der Waals surface area contributed by atoms with E-state index in [1.165, 1.54) is 12.1 Å². The van der Waals surface area contributed by atoms with Gasteiger partial charge in [-0.3, -0.25) is 9.89 Å². The Bertz CT molecular complexity index is 789. The van der Waals surface area contributed by atoms with E-state index in [2.05, 4.69) is 25.7 Å². The van der Waals surface area contributed by atoms with Gasteiger partial charge in [0.25, 0.3) is 0 Å². The second kappa shape index (κ2) is 11.6. The fourth-order valence-electron chi connectivity index (χ4n) is 3.41. The molecule has 1 atom stereocenters. The lowest BCUT2D eigenvalue weighted by Gasteiger charge is -2.34. The third kappa shape index (κ3) is 6.77. The molecule has 2 aromatic rings. The molecule has 3 rings (SSSR count). The van der Waals surface area contributed by atoms with Crippen LogP contribution in [-0.4, -0.2) is 66.9 Å². The summed E-state index contributed by atoms with van der Waals surface area (Å²) in [6.07, 6.45) is 1.58. The zero-order valence-corrected chi connectivity index (χ0v) is 17.7. The SMILES string of the molecule is CCNC(=NCC(c1ccc(F)cc1)N1CCOCC1)NCCCc1nc(C)no1. The molecule has 1 saturated heterocycles. The maximum absolute atomic E-state index is 13.4. The van der Waals surface area contributed by atoms with Gasteiger partial charge in [-0.2, -0.15) is 4.98 Å². The number of ether oxygens (including phenoxy) is 1. The Labute approximate surface area is 176 Å². The number of aliphatic imine (C=N–C) groups is 1. The predicted octanol–water partition coefficient (Wildman–Crippen LogP) is 2.08. The molecule has 1 aliphatic rings. The fraction of sp³-hybridized carbons (Fsp3) is 0.571. The summed E-state index contributed by atoms with van der Waals surface area (Å²) in [6.45, 7) is 9.02. The molecule has 0 amide bonds. The molecule has 164 valence electrons. The Kier molecular flexibility index (Phi) is 8.58. The van der Waals surface area contributed by atoms with E-state index in [-0.39, 0.29) is 11.9 Å². The number of morpholine rings is 1. The minimum Gasteiger partial charge on any atom is -0.379 e. The number of benzene rings is 1. The molecular formula is C21H31FN6O2. The minimum absolute atomic E-state index is 0.0753. The molecule has 1 fully saturated rings. The minimum atomic E-state index is -0.227. The Morgan fingerprint density at radius 3 is 2.67 bits per heavy atom. The molecule has 1 aliphatic heterocycles. The zero-order valence-electron chi connectivity index (χ0n) is 17.7. The van der Waals surface area contributed by atoms with Gasteiger partial charge in [-0.15, -0.1) is 0 Å². The highest BCUT2D eigenvalue weighted by Crippen LogP contribution is 2.22. The van der Waals surface area contributed by atoms with E-state index < -0.39 is 0 Å². The van der Waals surface area contributed by atoms with Crippen molar-refractivity contribution in [2.75, 3.05) is 45.9 Å². The van der Waals surface area contributed by atoms with Crippen molar-refractivity contribution in [2.45, 2.75) is 32.7 Å². The van der Waals surface area contributed by atoms with Crippen LogP contribution in [0.4, 0.5) is 4.39 Å². The largest absolute Gasteiger partial charge is 0.379 e. The fourth-order valence-corrected chi connectivity index (χ4v) is 3.41. The number of hydrogen-bond donors (Lipinski definition) is 2. The van der Waals surface area contributed by atoms with Crippen molar-refractivity contribution < 1.29 is 13.7 Å². The number of aryl methyl sites for hydroxylation is 2. The van der Waals surface area contributed by atoms with E-state index in [1.807, 2.05) is 26.0 Å². The third-order valence-corrected chi connectivity index (χ3v) is 4.94. The summed E-state index contributed by atoms with van der Waals surface area (Å²) < 4.78 is 24.0. The average molecular weight is 419 g/mol. The van der Waals surface area contributed by atoms with E-state index in [1.54, 1.807) is 0 Å². The summed E-state index contributed by atoms with van der Waals surface area (Å²) in [5.74, 6) is 1.84. The Hall–Kier alpha value is -2.52. The molecule has 8 nitrogen and oxygen atoms in total. The number of hydrogen-bond acceptors (Lipinski definition) is 6. The maximum atomic E-state index is 13.4. The van der Waals surface area contributed by atoms with Crippen LogP contribution in [-0.2, 0) is 11.2 Å². The first-order valence-corrected chi connectivity index (χ1v) is 10.5. The number of halogens is 1. The van der Waals surface area contributed by atoms with Crippen LogP contribution in [0.3, 0.4) is 0 Å². The van der Waals surface area contributed by atoms with Crippen molar-refractivity contribution in [1.29, 1.82) is 0 Å². The second-order valence-corrected chi connectivity index (χ2v) is 7.20. The highest BCUT2D eigenvalue weighted by molar-refractivity contribution is 5.79. The molecule has 0 spiro atoms. The van der Waals surface area contributed by atoms with Crippen LogP contribution in [0.1, 0.15) is 36.7 Å². The lowest BCUT2D eigenvalue weighted by Crippen LogP contribution is -2.42. The lowest BCUT2D eigenvalue weighted by atomic mass is 10.0. The summed E-state index contributed by atoms with van der Waals surface area (Å²) in [6, 6.07) is 6.78. The molecule has 9 heteroatoms. The van der Waals surface area contributed by atoms with E-state index in [9.17, 15) is 4.39 Å². The topological polar surface area (TPSA) is 87.8 Å². The zero-order chi connectivity index (χ0) is 21.2. The van der Waals surface area contributed by atoms with Gasteiger partial charge in [-0.05, 0) is 38.0 Å². The number of nitrogens with one attached hydrogen (secondary N) is 2. The van der Waals surface area contributed by atoms with Gasteiger partial charge >= 0.3 is 0 Å². The highest BCUT2D eigenvalue weighted by Gasteiger charge is 2.22. The first-order chi connectivity index (χ1) is 14.7. The molecule has 2 heterocycles. The van der Waals surface area contributed by atoms with E-state index >= 15 is 0 Å². The molecule has 0 radical (unpaired) electrons. The molecule has 30 heavy (non-hydrogen) atoms. The molecule has 0 aliphatic carbocycles. The number of aromatic nitrogens is 2. The normalized spacial score (nSPS) is 16.4. The molecule has 0 bridgehead atoms. The van der Waals surface area contributed by atoms with Gasteiger partial charge in [0, 0.05) is 32.6 Å².